The Morgan fingerprint density at radius 1 is 1.00 bits per heavy atom. The van der Waals surface area contributed by atoms with Gasteiger partial charge in [0.25, 0.3) is 11.8 Å². The van der Waals surface area contributed by atoms with Crippen molar-refractivity contribution in [1.29, 1.82) is 0 Å². The molecule has 1 unspecified atom stereocenters. The summed E-state index contributed by atoms with van der Waals surface area (Å²) < 4.78 is 0. The van der Waals surface area contributed by atoms with Crippen molar-refractivity contribution < 1.29 is 19.2 Å². The van der Waals surface area contributed by atoms with Crippen LogP contribution >= 0.6 is 0 Å². The number of nitrogens with one attached hydrogen (secondary N) is 1. The summed E-state index contributed by atoms with van der Waals surface area (Å²) in [7, 11) is 0. The van der Waals surface area contributed by atoms with Gasteiger partial charge < -0.3 is 10.2 Å². The minimum atomic E-state index is -0.250. The lowest BCUT2D eigenvalue weighted by molar-refractivity contribution is -0.137. The molecule has 4 amide bonds. The number of hydrogen-bond acceptors (Lipinski definition) is 4. The first-order chi connectivity index (χ1) is 14.0. The Morgan fingerprint density at radius 3 is 2.38 bits per heavy atom. The van der Waals surface area contributed by atoms with E-state index in [-0.39, 0.29) is 23.6 Å². The van der Waals surface area contributed by atoms with E-state index in [1.165, 1.54) is 17.1 Å². The van der Waals surface area contributed by atoms with Gasteiger partial charge in [-0.15, -0.1) is 0 Å². The van der Waals surface area contributed by atoms with Crippen LogP contribution in [0.15, 0.2) is 12.2 Å². The number of nitrogens with zero attached hydrogens (tertiary/aromatic N) is 2. The molecule has 1 fully saturated rings. The van der Waals surface area contributed by atoms with Crippen molar-refractivity contribution in [2.75, 3.05) is 26.2 Å². The topological polar surface area (TPSA) is 86.8 Å². The lowest BCUT2D eigenvalue weighted by Crippen LogP contribution is -2.30. The molecule has 7 nitrogen and oxygen atoms in total. The first-order valence-corrected chi connectivity index (χ1v) is 11.1. The summed E-state index contributed by atoms with van der Waals surface area (Å²) in [6.07, 6.45) is 10.9. The highest BCUT2D eigenvalue weighted by atomic mass is 16.2. The van der Waals surface area contributed by atoms with E-state index in [0.29, 0.717) is 31.8 Å². The van der Waals surface area contributed by atoms with Gasteiger partial charge in [-0.3, -0.25) is 24.1 Å². The van der Waals surface area contributed by atoms with E-state index in [2.05, 4.69) is 12.2 Å². The minimum absolute atomic E-state index is 0.0405. The molecule has 2 heterocycles. The molecule has 0 radical (unpaired) electrons. The van der Waals surface area contributed by atoms with E-state index in [1.807, 2.05) is 4.90 Å². The highest BCUT2D eigenvalue weighted by Crippen LogP contribution is 2.20. The van der Waals surface area contributed by atoms with Crippen molar-refractivity contribution >= 4 is 23.6 Å². The summed E-state index contributed by atoms with van der Waals surface area (Å²) in [6, 6.07) is 0. The van der Waals surface area contributed by atoms with Crippen LogP contribution in [0, 0.1) is 5.92 Å². The predicted molar refractivity (Wildman–Crippen MR) is 111 cm³/mol. The molecule has 1 saturated heterocycles. The van der Waals surface area contributed by atoms with Crippen LogP contribution in [0.5, 0.6) is 0 Å². The van der Waals surface area contributed by atoms with Crippen LogP contribution in [0.25, 0.3) is 0 Å². The largest absolute Gasteiger partial charge is 0.356 e. The molecule has 1 atom stereocenters. The van der Waals surface area contributed by atoms with Crippen LogP contribution in [0.3, 0.4) is 0 Å². The van der Waals surface area contributed by atoms with E-state index in [4.69, 9.17) is 0 Å². The van der Waals surface area contributed by atoms with Crippen molar-refractivity contribution in [2.24, 2.45) is 5.92 Å². The Bertz CT molecular complexity index is 599. The second kappa shape index (κ2) is 12.4. The molecule has 29 heavy (non-hydrogen) atoms. The maximum absolute atomic E-state index is 12.2. The van der Waals surface area contributed by atoms with Crippen LogP contribution < -0.4 is 5.32 Å². The number of imide groups is 1. The van der Waals surface area contributed by atoms with Crippen LogP contribution in [-0.2, 0) is 19.2 Å². The third-order valence-electron chi connectivity index (χ3n) is 5.79. The first-order valence-electron chi connectivity index (χ1n) is 11.1. The third-order valence-corrected chi connectivity index (χ3v) is 5.79. The SMILES string of the molecule is CCC1CCN(C(=O)CCCCCNC(=O)CCCCCN2C(=O)C=CC2=O)C1. The van der Waals surface area contributed by atoms with Crippen molar-refractivity contribution in [3.8, 4) is 0 Å². The second-order valence-corrected chi connectivity index (χ2v) is 8.04. The van der Waals surface area contributed by atoms with Crippen molar-refractivity contribution in [1.82, 2.24) is 15.1 Å². The second-order valence-electron chi connectivity index (χ2n) is 8.04. The van der Waals surface area contributed by atoms with Gasteiger partial charge in [0.1, 0.15) is 0 Å². The third kappa shape index (κ3) is 7.99. The van der Waals surface area contributed by atoms with Crippen molar-refractivity contribution in [3.63, 3.8) is 0 Å². The molecule has 0 spiro atoms. The number of amides is 4. The smallest absolute Gasteiger partial charge is 0.253 e. The lowest BCUT2D eigenvalue weighted by Gasteiger charge is -2.16. The van der Waals surface area contributed by atoms with E-state index in [0.717, 1.165) is 64.5 Å². The molecule has 0 saturated carbocycles. The fourth-order valence-electron chi connectivity index (χ4n) is 3.83. The quantitative estimate of drug-likeness (QED) is 0.377. The number of unbranched alkanes of at least 4 members (excludes halogenated alkanes) is 4. The van der Waals surface area contributed by atoms with Crippen LogP contribution in [0.2, 0.25) is 0 Å². The Hall–Kier alpha value is -2.18. The van der Waals surface area contributed by atoms with Crippen LogP contribution in [0.1, 0.15) is 71.1 Å². The highest BCUT2D eigenvalue weighted by molar-refractivity contribution is 6.12. The molecule has 0 aromatic rings. The van der Waals surface area contributed by atoms with Gasteiger partial charge in [0.05, 0.1) is 0 Å². The van der Waals surface area contributed by atoms with Gasteiger partial charge in [-0.1, -0.05) is 26.2 Å². The maximum Gasteiger partial charge on any atom is 0.253 e. The van der Waals surface area contributed by atoms with Crippen LogP contribution in [0.4, 0.5) is 0 Å². The summed E-state index contributed by atoms with van der Waals surface area (Å²) in [6.45, 7) is 5.09. The number of carbonyl (C=O) groups is 4. The van der Waals surface area contributed by atoms with E-state index < -0.39 is 0 Å². The molecule has 1 N–H and O–H groups in total. The molecule has 162 valence electrons. The zero-order valence-electron chi connectivity index (χ0n) is 17.7. The standard InChI is InChI=1S/C22H35N3O4/c1-2-18-13-16-24(17-18)20(27)10-6-3-7-14-23-19(26)9-5-4-8-15-25-21(28)11-12-22(25)29/h11-12,18H,2-10,13-17H2,1H3,(H,23,26). The Morgan fingerprint density at radius 2 is 1.69 bits per heavy atom. The number of hydrogen-bond donors (Lipinski definition) is 1. The van der Waals surface area contributed by atoms with E-state index in [1.54, 1.807) is 0 Å². The van der Waals surface area contributed by atoms with Gasteiger partial charge in [0.2, 0.25) is 11.8 Å². The maximum atomic E-state index is 12.2. The zero-order valence-corrected chi connectivity index (χ0v) is 17.7. The molecule has 2 aliphatic rings. The number of carbonyl (C=O) groups excluding carboxylic acids is 4. The van der Waals surface area contributed by atoms with Gasteiger partial charge >= 0.3 is 0 Å². The number of likely N-dealkylation sites (tertiary alicyclic amines) is 1. The molecule has 2 rings (SSSR count). The highest BCUT2D eigenvalue weighted by Gasteiger charge is 2.24. The molecule has 2 aliphatic heterocycles. The normalized spacial score (nSPS) is 18.7. The Kier molecular flexibility index (Phi) is 9.88. The molecular weight excluding hydrogens is 370 g/mol. The Labute approximate surface area is 173 Å². The molecule has 0 aliphatic carbocycles. The summed E-state index contributed by atoms with van der Waals surface area (Å²) >= 11 is 0. The average Bonchev–Trinajstić information content (AvgIpc) is 3.31. The van der Waals surface area contributed by atoms with E-state index >= 15 is 0 Å². The number of rotatable bonds is 13. The molecular formula is C22H35N3O4. The fourth-order valence-corrected chi connectivity index (χ4v) is 3.83. The minimum Gasteiger partial charge on any atom is -0.356 e. The molecule has 7 heteroatoms. The Balaban J connectivity index is 1.40. The van der Waals surface area contributed by atoms with Gasteiger partial charge in [-0.05, 0) is 38.0 Å². The average molecular weight is 406 g/mol. The molecule has 0 aromatic carbocycles. The summed E-state index contributed by atoms with van der Waals surface area (Å²) in [5, 5.41) is 2.92. The van der Waals surface area contributed by atoms with Gasteiger partial charge in [-0.25, -0.2) is 0 Å². The fraction of sp³-hybridized carbons (Fsp3) is 0.727. The van der Waals surface area contributed by atoms with Crippen LogP contribution in [-0.4, -0.2) is 59.6 Å². The van der Waals surface area contributed by atoms with Crippen molar-refractivity contribution in [2.45, 2.75) is 71.1 Å². The zero-order chi connectivity index (χ0) is 21.1. The molecule has 0 bridgehead atoms. The first kappa shape index (κ1) is 23.1. The summed E-state index contributed by atoms with van der Waals surface area (Å²) in [5.74, 6) is 0.494. The predicted octanol–water partition coefficient (Wildman–Crippen LogP) is 2.41. The summed E-state index contributed by atoms with van der Waals surface area (Å²) in [5.41, 5.74) is 0. The summed E-state index contributed by atoms with van der Waals surface area (Å²) in [4.78, 5) is 50.1. The van der Waals surface area contributed by atoms with E-state index in [9.17, 15) is 19.2 Å². The van der Waals surface area contributed by atoms with Gasteiger partial charge in [0, 0.05) is 51.2 Å². The monoisotopic (exact) mass is 405 g/mol. The van der Waals surface area contributed by atoms with Crippen molar-refractivity contribution in [3.05, 3.63) is 12.2 Å². The molecule has 0 aromatic heterocycles. The van der Waals surface area contributed by atoms with Gasteiger partial charge in [0.15, 0.2) is 0 Å². The lowest BCUT2D eigenvalue weighted by atomic mass is 10.1. The van der Waals surface area contributed by atoms with Gasteiger partial charge in [-0.2, -0.15) is 0 Å².